The van der Waals surface area contributed by atoms with Crippen molar-refractivity contribution in [3.05, 3.63) is 59.7 Å². The summed E-state index contributed by atoms with van der Waals surface area (Å²) in [5.41, 5.74) is 3.82. The summed E-state index contributed by atoms with van der Waals surface area (Å²) in [5, 5.41) is 5.16. The second-order valence-electron chi connectivity index (χ2n) is 7.04. The molecule has 0 spiro atoms. The molecule has 0 radical (unpaired) electrons. The Morgan fingerprint density at radius 3 is 2.19 bits per heavy atom. The first-order valence-corrected chi connectivity index (χ1v) is 10.6. The van der Waals surface area contributed by atoms with Gasteiger partial charge < -0.3 is 4.90 Å². The molecule has 2 N–H and O–H groups in total. The van der Waals surface area contributed by atoms with Crippen molar-refractivity contribution in [3.8, 4) is 0 Å². The van der Waals surface area contributed by atoms with Crippen LogP contribution in [0.2, 0.25) is 0 Å². The Hall–Kier alpha value is -1.89. The molecule has 26 heavy (non-hydrogen) atoms. The maximum Gasteiger partial charge on any atom is 0.238 e. The molecule has 1 heterocycles. The number of sulfonamides is 1. The second-order valence-corrected chi connectivity index (χ2v) is 8.60. The Morgan fingerprint density at radius 1 is 1.00 bits per heavy atom. The van der Waals surface area contributed by atoms with Crippen LogP contribution in [0.5, 0.6) is 0 Å². The summed E-state index contributed by atoms with van der Waals surface area (Å²) in [6, 6.07) is 15.9. The molecule has 0 amide bonds. The summed E-state index contributed by atoms with van der Waals surface area (Å²) >= 11 is 0. The van der Waals surface area contributed by atoms with E-state index in [0.717, 1.165) is 38.3 Å². The molecular formula is C20H27N3O2S. The molecular weight excluding hydrogens is 346 g/mol. The molecule has 1 atom stereocenters. The van der Waals surface area contributed by atoms with Crippen LogP contribution in [0.1, 0.15) is 18.1 Å². The van der Waals surface area contributed by atoms with Gasteiger partial charge in [0.05, 0.1) is 4.90 Å². The summed E-state index contributed by atoms with van der Waals surface area (Å²) in [6.45, 7) is 8.35. The highest BCUT2D eigenvalue weighted by Crippen LogP contribution is 2.21. The summed E-state index contributed by atoms with van der Waals surface area (Å²) in [7, 11) is -3.63. The number of anilines is 1. The van der Waals surface area contributed by atoms with Crippen LogP contribution in [-0.2, 0) is 16.4 Å². The lowest BCUT2D eigenvalue weighted by atomic mass is 10.0. The number of benzene rings is 2. The monoisotopic (exact) mass is 373 g/mol. The van der Waals surface area contributed by atoms with Crippen molar-refractivity contribution in [2.75, 3.05) is 31.1 Å². The first-order chi connectivity index (χ1) is 12.3. The average molecular weight is 374 g/mol. The predicted octanol–water partition coefficient (Wildman–Crippen LogP) is 2.40. The Kier molecular flexibility index (Phi) is 5.65. The fourth-order valence-corrected chi connectivity index (χ4v) is 4.07. The Balaban J connectivity index is 1.58. The van der Waals surface area contributed by atoms with Gasteiger partial charge in [-0.1, -0.05) is 24.3 Å². The molecule has 0 saturated carbocycles. The van der Waals surface area contributed by atoms with Crippen molar-refractivity contribution in [3.63, 3.8) is 0 Å². The molecule has 140 valence electrons. The minimum atomic E-state index is -3.63. The van der Waals surface area contributed by atoms with E-state index in [1.165, 1.54) is 11.1 Å². The number of primary sulfonamides is 1. The SMILES string of the molecule is Cc1ccccc1CC(C)N1CCN(c2ccc(S(N)(=O)=O)cc2)CC1. The normalized spacial score (nSPS) is 17.3. The largest absolute Gasteiger partial charge is 0.369 e. The number of nitrogens with two attached hydrogens (primary N) is 1. The van der Waals surface area contributed by atoms with E-state index in [1.54, 1.807) is 12.1 Å². The lowest BCUT2D eigenvalue weighted by Gasteiger charge is -2.39. The van der Waals surface area contributed by atoms with Crippen molar-refractivity contribution in [2.45, 2.75) is 31.2 Å². The molecule has 5 nitrogen and oxygen atoms in total. The maximum absolute atomic E-state index is 11.4. The molecule has 1 aliphatic heterocycles. The third-order valence-corrected chi connectivity index (χ3v) is 6.17. The van der Waals surface area contributed by atoms with E-state index in [9.17, 15) is 8.42 Å². The van der Waals surface area contributed by atoms with Crippen LogP contribution >= 0.6 is 0 Å². The second kappa shape index (κ2) is 7.78. The zero-order valence-corrected chi connectivity index (χ0v) is 16.2. The van der Waals surface area contributed by atoms with Gasteiger partial charge in [-0.25, -0.2) is 13.6 Å². The van der Waals surface area contributed by atoms with Crippen molar-refractivity contribution in [1.82, 2.24) is 4.90 Å². The van der Waals surface area contributed by atoms with Gasteiger partial charge in [-0.2, -0.15) is 0 Å². The molecule has 1 fully saturated rings. The van der Waals surface area contributed by atoms with Crippen molar-refractivity contribution in [2.24, 2.45) is 5.14 Å². The van der Waals surface area contributed by atoms with Gasteiger partial charge in [-0.05, 0) is 55.7 Å². The van der Waals surface area contributed by atoms with Gasteiger partial charge in [0.2, 0.25) is 10.0 Å². The van der Waals surface area contributed by atoms with Crippen LogP contribution < -0.4 is 10.0 Å². The van der Waals surface area contributed by atoms with E-state index in [1.807, 2.05) is 12.1 Å². The molecule has 1 unspecified atom stereocenters. The third kappa shape index (κ3) is 4.44. The lowest BCUT2D eigenvalue weighted by molar-refractivity contribution is 0.196. The smallest absolute Gasteiger partial charge is 0.238 e. The van der Waals surface area contributed by atoms with E-state index in [4.69, 9.17) is 5.14 Å². The number of hydrogen-bond acceptors (Lipinski definition) is 4. The number of piperazine rings is 1. The summed E-state index contributed by atoms with van der Waals surface area (Å²) < 4.78 is 22.7. The van der Waals surface area contributed by atoms with Gasteiger partial charge in [-0.3, -0.25) is 4.90 Å². The Bertz CT molecular complexity index is 842. The van der Waals surface area contributed by atoms with Crippen molar-refractivity contribution in [1.29, 1.82) is 0 Å². The Morgan fingerprint density at radius 2 is 1.62 bits per heavy atom. The van der Waals surface area contributed by atoms with Crippen LogP contribution in [0.4, 0.5) is 5.69 Å². The van der Waals surface area contributed by atoms with Crippen molar-refractivity contribution >= 4 is 15.7 Å². The molecule has 1 aliphatic rings. The molecule has 6 heteroatoms. The van der Waals surface area contributed by atoms with Gasteiger partial charge in [0.25, 0.3) is 0 Å². The zero-order valence-electron chi connectivity index (χ0n) is 15.4. The molecule has 2 aromatic carbocycles. The molecule has 0 aliphatic carbocycles. The summed E-state index contributed by atoms with van der Waals surface area (Å²) in [6.07, 6.45) is 1.07. The molecule has 2 aromatic rings. The van der Waals surface area contributed by atoms with E-state index in [0.29, 0.717) is 6.04 Å². The van der Waals surface area contributed by atoms with E-state index in [2.05, 4.69) is 47.9 Å². The number of aryl methyl sites for hydroxylation is 1. The van der Waals surface area contributed by atoms with Gasteiger partial charge in [0.15, 0.2) is 0 Å². The first kappa shape index (κ1) is 18.9. The highest BCUT2D eigenvalue weighted by molar-refractivity contribution is 7.89. The maximum atomic E-state index is 11.4. The minimum absolute atomic E-state index is 0.159. The van der Waals surface area contributed by atoms with Gasteiger partial charge in [0.1, 0.15) is 0 Å². The highest BCUT2D eigenvalue weighted by Gasteiger charge is 2.22. The number of rotatable bonds is 5. The number of hydrogen-bond donors (Lipinski definition) is 1. The van der Waals surface area contributed by atoms with E-state index >= 15 is 0 Å². The fourth-order valence-electron chi connectivity index (χ4n) is 3.55. The molecule has 3 rings (SSSR count). The fraction of sp³-hybridized carbons (Fsp3) is 0.400. The molecule has 0 bridgehead atoms. The van der Waals surface area contributed by atoms with Gasteiger partial charge in [0, 0.05) is 37.9 Å². The summed E-state index contributed by atoms with van der Waals surface area (Å²) in [5.74, 6) is 0. The summed E-state index contributed by atoms with van der Waals surface area (Å²) in [4.78, 5) is 4.98. The lowest BCUT2D eigenvalue weighted by Crippen LogP contribution is -2.50. The first-order valence-electron chi connectivity index (χ1n) is 9.01. The standard InChI is InChI=1S/C20H27N3O2S/c1-16-5-3-4-6-18(16)15-17(2)22-11-13-23(14-12-22)19-7-9-20(10-8-19)26(21,24)25/h3-10,17H,11-15H2,1-2H3,(H2,21,24,25). The Labute approximate surface area is 156 Å². The number of nitrogens with zero attached hydrogens (tertiary/aromatic N) is 2. The highest BCUT2D eigenvalue weighted by atomic mass is 32.2. The topological polar surface area (TPSA) is 66.6 Å². The van der Waals surface area contributed by atoms with Crippen LogP contribution in [0, 0.1) is 6.92 Å². The van der Waals surface area contributed by atoms with Gasteiger partial charge >= 0.3 is 0 Å². The van der Waals surface area contributed by atoms with Gasteiger partial charge in [-0.15, -0.1) is 0 Å². The van der Waals surface area contributed by atoms with Crippen LogP contribution in [-0.4, -0.2) is 45.5 Å². The quantitative estimate of drug-likeness (QED) is 0.874. The zero-order chi connectivity index (χ0) is 18.7. The molecule has 1 saturated heterocycles. The predicted molar refractivity (Wildman–Crippen MR) is 106 cm³/mol. The van der Waals surface area contributed by atoms with E-state index < -0.39 is 10.0 Å². The van der Waals surface area contributed by atoms with Crippen LogP contribution in [0.3, 0.4) is 0 Å². The van der Waals surface area contributed by atoms with Crippen LogP contribution in [0.25, 0.3) is 0 Å². The average Bonchev–Trinajstić information content (AvgIpc) is 2.63. The van der Waals surface area contributed by atoms with Crippen LogP contribution in [0.15, 0.2) is 53.4 Å². The minimum Gasteiger partial charge on any atom is -0.369 e. The molecule has 0 aromatic heterocycles. The van der Waals surface area contributed by atoms with Crippen molar-refractivity contribution < 1.29 is 8.42 Å². The third-order valence-electron chi connectivity index (χ3n) is 5.24. The van der Waals surface area contributed by atoms with E-state index in [-0.39, 0.29) is 4.90 Å².